The third-order valence-electron chi connectivity index (χ3n) is 2.44. The molecular weight excluding hydrogens is 275 g/mol. The Morgan fingerprint density at radius 3 is 2.60 bits per heavy atom. The van der Waals surface area contributed by atoms with Crippen LogP contribution in [0.5, 0.6) is 5.88 Å². The Bertz CT molecular complexity index is 775. The van der Waals surface area contributed by atoms with Crippen molar-refractivity contribution in [1.82, 2.24) is 24.6 Å². The maximum atomic E-state index is 11.8. The monoisotopic (exact) mass is 280 g/mol. The van der Waals surface area contributed by atoms with Gasteiger partial charge in [-0.15, -0.1) is 5.10 Å². The maximum Gasteiger partial charge on any atom is 1.00 e. The number of hydrogen-bond donors (Lipinski definition) is 0. The molecule has 10 heteroatoms. The van der Waals surface area contributed by atoms with E-state index in [2.05, 4.69) is 20.1 Å². The van der Waals surface area contributed by atoms with Crippen molar-refractivity contribution in [3.8, 4) is 17.3 Å². The smallest absolute Gasteiger partial charge is 0.854 e. The van der Waals surface area contributed by atoms with E-state index in [-0.39, 0.29) is 41.2 Å². The number of aromatic nitrogens is 5. The molecular formula is C10H5N6NaO3. The Hall–Kier alpha value is -2.10. The van der Waals surface area contributed by atoms with E-state index in [4.69, 9.17) is 0 Å². The normalized spacial score (nSPS) is 10.2. The predicted octanol–water partition coefficient (Wildman–Crippen LogP) is -2.83. The number of nitro groups is 1. The van der Waals surface area contributed by atoms with Crippen LogP contribution in [0.25, 0.3) is 17.2 Å². The van der Waals surface area contributed by atoms with Crippen molar-refractivity contribution in [2.24, 2.45) is 0 Å². The molecule has 3 aromatic heterocycles. The Morgan fingerprint density at radius 1 is 1.25 bits per heavy atom. The first-order valence-corrected chi connectivity index (χ1v) is 5.14. The summed E-state index contributed by atoms with van der Waals surface area (Å²) in [5.74, 6) is -0.585. The topological polar surface area (TPSA) is 122 Å². The van der Waals surface area contributed by atoms with Crippen LogP contribution in [0, 0.1) is 10.1 Å². The van der Waals surface area contributed by atoms with Gasteiger partial charge in [-0.1, -0.05) is 0 Å². The Kier molecular flexibility index (Phi) is 3.93. The van der Waals surface area contributed by atoms with Gasteiger partial charge in [0.25, 0.3) is 11.5 Å². The van der Waals surface area contributed by atoms with Crippen LogP contribution in [0.4, 0.5) is 5.69 Å². The van der Waals surface area contributed by atoms with Gasteiger partial charge in [0.1, 0.15) is 6.20 Å². The van der Waals surface area contributed by atoms with Gasteiger partial charge in [-0.2, -0.15) is 4.98 Å². The summed E-state index contributed by atoms with van der Waals surface area (Å²) in [6.45, 7) is 0. The minimum atomic E-state index is -0.859. The SMILES string of the molecule is O=[N+]([O-])c1cnc2nc(-c3ccncc3)nn2c1[O-].[Na+]. The molecule has 3 heterocycles. The van der Waals surface area contributed by atoms with Crippen molar-refractivity contribution in [1.29, 1.82) is 0 Å². The molecule has 0 radical (unpaired) electrons. The molecule has 0 fully saturated rings. The third-order valence-corrected chi connectivity index (χ3v) is 2.44. The second kappa shape index (κ2) is 5.49. The van der Waals surface area contributed by atoms with E-state index in [9.17, 15) is 15.2 Å². The third kappa shape index (κ3) is 2.33. The van der Waals surface area contributed by atoms with E-state index < -0.39 is 16.5 Å². The zero-order valence-corrected chi connectivity index (χ0v) is 12.3. The van der Waals surface area contributed by atoms with Gasteiger partial charge in [-0.05, 0) is 12.1 Å². The molecule has 3 aromatic rings. The number of hydrogen-bond acceptors (Lipinski definition) is 7. The fraction of sp³-hybridized carbons (Fsp3) is 0. The number of rotatable bonds is 2. The van der Waals surface area contributed by atoms with Crippen LogP contribution >= 0.6 is 0 Å². The molecule has 0 aliphatic rings. The van der Waals surface area contributed by atoms with Gasteiger partial charge in [-0.25, -0.2) is 9.50 Å². The van der Waals surface area contributed by atoms with Gasteiger partial charge in [-0.3, -0.25) is 15.1 Å². The Balaban J connectivity index is 0.00000147. The van der Waals surface area contributed by atoms with Crippen molar-refractivity contribution in [2.45, 2.75) is 0 Å². The summed E-state index contributed by atoms with van der Waals surface area (Å²) in [5, 5.41) is 26.3. The molecule has 9 nitrogen and oxygen atoms in total. The van der Waals surface area contributed by atoms with Crippen molar-refractivity contribution in [2.75, 3.05) is 0 Å². The molecule has 0 N–H and O–H groups in total. The molecule has 0 saturated heterocycles. The summed E-state index contributed by atoms with van der Waals surface area (Å²) in [7, 11) is 0. The molecule has 0 saturated carbocycles. The van der Waals surface area contributed by atoms with E-state index >= 15 is 0 Å². The van der Waals surface area contributed by atoms with Crippen molar-refractivity contribution in [3.63, 3.8) is 0 Å². The molecule has 0 aromatic carbocycles. The first kappa shape index (κ1) is 14.3. The molecule has 20 heavy (non-hydrogen) atoms. The molecule has 0 aliphatic heterocycles. The molecule has 0 spiro atoms. The van der Waals surface area contributed by atoms with Crippen LogP contribution in [0.3, 0.4) is 0 Å². The van der Waals surface area contributed by atoms with Crippen LogP contribution in [-0.4, -0.2) is 29.5 Å². The average Bonchev–Trinajstić information content (AvgIpc) is 2.85. The molecule has 0 unspecified atom stereocenters. The minimum Gasteiger partial charge on any atom is -0.854 e. The Labute approximate surface area is 133 Å². The van der Waals surface area contributed by atoms with Crippen LogP contribution in [0.2, 0.25) is 0 Å². The second-order valence-corrected chi connectivity index (χ2v) is 3.59. The van der Waals surface area contributed by atoms with E-state index in [1.165, 1.54) is 0 Å². The maximum absolute atomic E-state index is 11.8. The van der Waals surface area contributed by atoms with Gasteiger partial charge in [0.15, 0.2) is 5.82 Å². The first-order valence-electron chi connectivity index (χ1n) is 5.14. The summed E-state index contributed by atoms with van der Waals surface area (Å²) >= 11 is 0. The van der Waals surface area contributed by atoms with Crippen LogP contribution in [0.15, 0.2) is 30.7 Å². The van der Waals surface area contributed by atoms with Gasteiger partial charge in [0.05, 0.1) is 10.8 Å². The van der Waals surface area contributed by atoms with Gasteiger partial charge in [0.2, 0.25) is 0 Å². The predicted molar refractivity (Wildman–Crippen MR) is 60.1 cm³/mol. The van der Waals surface area contributed by atoms with E-state index in [0.717, 1.165) is 10.7 Å². The van der Waals surface area contributed by atoms with E-state index in [1.54, 1.807) is 24.5 Å². The Morgan fingerprint density at radius 2 is 1.95 bits per heavy atom. The first-order chi connectivity index (χ1) is 9.16. The second-order valence-electron chi connectivity index (χ2n) is 3.59. The number of pyridine rings is 1. The number of fused-ring (bicyclic) bond motifs is 1. The fourth-order valence-electron chi connectivity index (χ4n) is 1.55. The van der Waals surface area contributed by atoms with Crippen LogP contribution < -0.4 is 34.7 Å². The molecule has 0 bridgehead atoms. The summed E-state index contributed by atoms with van der Waals surface area (Å²) < 4.78 is 0.813. The average molecular weight is 280 g/mol. The quantitative estimate of drug-likeness (QED) is 0.281. The van der Waals surface area contributed by atoms with Crippen molar-refractivity contribution >= 4 is 11.5 Å². The minimum absolute atomic E-state index is 0. The van der Waals surface area contributed by atoms with Gasteiger partial charge in [0, 0.05) is 18.0 Å². The zero-order valence-electron chi connectivity index (χ0n) is 10.3. The largest absolute Gasteiger partial charge is 1.00 e. The summed E-state index contributed by atoms with van der Waals surface area (Å²) in [5.41, 5.74) is 0.00114. The standard InChI is InChI=1S/C10H6N6O3.Na/c17-9-7(16(18)19)5-12-10-13-8(14-15(9)10)6-1-3-11-4-2-6;/h1-5,17H;/q;+1/p-1. The fourth-order valence-corrected chi connectivity index (χ4v) is 1.55. The van der Waals surface area contributed by atoms with E-state index in [1.807, 2.05) is 0 Å². The summed E-state index contributed by atoms with van der Waals surface area (Å²) in [6.07, 6.45) is 3.98. The summed E-state index contributed by atoms with van der Waals surface area (Å²) in [4.78, 5) is 21.5. The molecule has 3 rings (SSSR count). The van der Waals surface area contributed by atoms with Gasteiger partial charge < -0.3 is 5.11 Å². The zero-order chi connectivity index (χ0) is 13.4. The van der Waals surface area contributed by atoms with Crippen LogP contribution in [0.1, 0.15) is 0 Å². The molecule has 0 atom stereocenters. The van der Waals surface area contributed by atoms with Gasteiger partial charge >= 0.3 is 29.6 Å². The summed E-state index contributed by atoms with van der Waals surface area (Å²) in [6, 6.07) is 3.32. The molecule has 0 aliphatic carbocycles. The molecule has 0 amide bonds. The van der Waals surface area contributed by atoms with Crippen molar-refractivity contribution < 1.29 is 39.6 Å². The van der Waals surface area contributed by atoms with E-state index in [0.29, 0.717) is 5.56 Å². The molecule has 94 valence electrons. The number of nitrogens with zero attached hydrogens (tertiary/aromatic N) is 6. The van der Waals surface area contributed by atoms with Crippen molar-refractivity contribution in [3.05, 3.63) is 40.8 Å². The van der Waals surface area contributed by atoms with Crippen LogP contribution in [-0.2, 0) is 0 Å².